The van der Waals surface area contributed by atoms with E-state index < -0.39 is 156 Å². The molecule has 28 heteroatoms. The lowest BCUT2D eigenvalue weighted by atomic mass is 9.94. The molecular weight excluding hydrogens is 959 g/mol. The summed E-state index contributed by atoms with van der Waals surface area (Å²) in [6, 6.07) is -3.38. The van der Waals surface area contributed by atoms with Crippen molar-refractivity contribution in [2.24, 2.45) is 11.5 Å². The van der Waals surface area contributed by atoms with E-state index >= 15 is 0 Å². The molecule has 0 aromatic carbocycles. The Balaban J connectivity index is 1.76. The highest BCUT2D eigenvalue weighted by atomic mass is 31.2. The number of aliphatic hydroxyl groups is 6. The number of ether oxygens (including phenoxy) is 7. The molecule has 3 aliphatic rings. The van der Waals surface area contributed by atoms with E-state index in [9.17, 15) is 69.2 Å². The molecule has 0 saturated carbocycles. The predicted octanol–water partition coefficient (Wildman–Crippen LogP) is -1.60. The third kappa shape index (κ3) is 19.3. The minimum Gasteiger partial charge on any atom is -0.479 e. The Morgan fingerprint density at radius 3 is 1.60 bits per heavy atom. The van der Waals surface area contributed by atoms with Crippen LogP contribution >= 0.6 is 7.82 Å². The fraction of sp³-hybridized carbons (Fsp3) is 0.881. The van der Waals surface area contributed by atoms with Crippen LogP contribution < -0.4 is 22.1 Å². The lowest BCUT2D eigenvalue weighted by Crippen LogP contribution is -2.70. The van der Waals surface area contributed by atoms with E-state index in [0.717, 1.165) is 46.0 Å². The van der Waals surface area contributed by atoms with Crippen molar-refractivity contribution in [2.45, 2.75) is 209 Å². The van der Waals surface area contributed by atoms with E-state index in [2.05, 4.69) is 17.6 Å². The summed E-state index contributed by atoms with van der Waals surface area (Å²) in [6.45, 7) is 1.23. The Bertz CT molecular complexity index is 1670. The quantitative estimate of drug-likeness (QED) is 0.0267. The van der Waals surface area contributed by atoms with Gasteiger partial charge in [0.1, 0.15) is 54.8 Å². The summed E-state index contributed by atoms with van der Waals surface area (Å²) in [5.74, 6) is -4.60. The number of nitrogens with one attached hydrogen (secondary N) is 2. The van der Waals surface area contributed by atoms with Crippen molar-refractivity contribution in [1.29, 1.82) is 0 Å². The zero-order chi connectivity index (χ0) is 52.1. The van der Waals surface area contributed by atoms with E-state index in [4.69, 9.17) is 53.7 Å². The van der Waals surface area contributed by atoms with Crippen LogP contribution in [-0.2, 0) is 65.9 Å². The fourth-order valence-corrected chi connectivity index (χ4v) is 9.05. The number of carbonyl (C=O) groups excluding carboxylic acids is 4. The molecular formula is C42H75N4O23P. The summed E-state index contributed by atoms with van der Waals surface area (Å²) in [4.78, 5) is 72.1. The number of hydrogen-bond acceptors (Lipinski definition) is 21. The molecule has 70 heavy (non-hydrogen) atoms. The number of hydrogen-bond donors (Lipinski definition) is 12. The average Bonchev–Trinajstić information content (AvgIpc) is 3.28. The molecule has 406 valence electrons. The summed E-state index contributed by atoms with van der Waals surface area (Å²) in [7, 11) is -5.56. The maximum Gasteiger partial charge on any atom is 0.474 e. The maximum atomic E-state index is 13.5. The molecule has 3 heterocycles. The molecule has 3 fully saturated rings. The van der Waals surface area contributed by atoms with Crippen LogP contribution in [0.4, 0.5) is 4.79 Å². The second-order valence-electron chi connectivity index (χ2n) is 17.5. The van der Waals surface area contributed by atoms with Gasteiger partial charge in [-0.25, -0.2) is 14.2 Å². The van der Waals surface area contributed by atoms with Gasteiger partial charge in [0.05, 0.1) is 19.8 Å². The van der Waals surface area contributed by atoms with Gasteiger partial charge in [0.25, 0.3) is 0 Å². The molecule has 0 bridgehead atoms. The highest BCUT2D eigenvalue weighted by Crippen LogP contribution is 2.48. The maximum absolute atomic E-state index is 13.5. The van der Waals surface area contributed by atoms with Crippen molar-refractivity contribution in [3.63, 3.8) is 0 Å². The summed E-state index contributed by atoms with van der Waals surface area (Å²) in [5, 5.41) is 78.8. The van der Waals surface area contributed by atoms with Crippen molar-refractivity contribution in [1.82, 2.24) is 10.6 Å². The zero-order valence-electron chi connectivity index (χ0n) is 39.8. The highest BCUT2D eigenvalue weighted by Gasteiger charge is 2.57. The summed E-state index contributed by atoms with van der Waals surface area (Å²) >= 11 is 0. The van der Waals surface area contributed by atoms with Gasteiger partial charge in [-0.2, -0.15) is 0 Å². The van der Waals surface area contributed by atoms with Crippen LogP contribution in [0.3, 0.4) is 0 Å². The van der Waals surface area contributed by atoms with Gasteiger partial charge >= 0.3 is 19.9 Å². The van der Waals surface area contributed by atoms with E-state index in [1.807, 2.05) is 0 Å². The van der Waals surface area contributed by atoms with Crippen molar-refractivity contribution in [3.05, 3.63) is 0 Å². The molecule has 0 aromatic rings. The standard InChI is InChI=1S/C42H75N4O23P/c1-4-5-6-7-8-9-10-11-12-13-14-15-16-17-18-61-26(38(56)57)21-62-70(59,60)69-41-36(34(68-42(44)58)32(54)35(66-41)37(43)55)67-40-28(46-23(3)50)31(53)33(25(20-48)64-40)65-39-27(45-22(2)49)30(52)29(51)24(19-47)63-39/h24-36,39-41,47-48,51-54H,4-21H2,1-3H3,(H2,43,55)(H2,44,58)(H,45,49)(H,46,50)(H,56,57)(H,59,60)/t24-,25-,26-,27-,28-,29-,30-,31-,32+,33-,34+,35+,36-,39+,40+,41-/m1/s1. The first-order chi connectivity index (χ1) is 33.2. The highest BCUT2D eigenvalue weighted by molar-refractivity contribution is 7.47. The van der Waals surface area contributed by atoms with E-state index in [-0.39, 0.29) is 6.61 Å². The number of carbonyl (C=O) groups is 5. The topological polar surface area (TPSA) is 423 Å². The minimum atomic E-state index is -5.56. The predicted molar refractivity (Wildman–Crippen MR) is 237 cm³/mol. The largest absolute Gasteiger partial charge is 0.479 e. The molecule has 3 saturated heterocycles. The molecule has 0 aromatic heterocycles. The van der Waals surface area contributed by atoms with Gasteiger partial charge in [-0.1, -0.05) is 90.4 Å². The average molecular weight is 1040 g/mol. The first kappa shape index (κ1) is 61.1. The van der Waals surface area contributed by atoms with Crippen molar-refractivity contribution >= 4 is 37.6 Å². The van der Waals surface area contributed by atoms with E-state index in [1.165, 1.54) is 51.4 Å². The first-order valence-electron chi connectivity index (χ1n) is 23.7. The molecule has 17 atom stereocenters. The smallest absolute Gasteiger partial charge is 0.474 e. The number of phosphoric acid groups is 1. The van der Waals surface area contributed by atoms with Gasteiger partial charge in [-0.05, 0) is 6.42 Å². The Morgan fingerprint density at radius 2 is 1.13 bits per heavy atom. The number of carboxylic acid groups (broad SMARTS) is 1. The lowest BCUT2D eigenvalue weighted by Gasteiger charge is -2.49. The van der Waals surface area contributed by atoms with Crippen LogP contribution in [-0.4, -0.2) is 195 Å². The number of unbranched alkanes of at least 4 members (excludes halogenated alkanes) is 13. The third-order valence-electron chi connectivity index (χ3n) is 11.8. The number of carboxylic acids is 1. The van der Waals surface area contributed by atoms with Gasteiger partial charge in [0.2, 0.25) is 17.7 Å². The summed E-state index contributed by atoms with van der Waals surface area (Å²) < 4.78 is 62.7. The Morgan fingerprint density at radius 1 is 0.643 bits per heavy atom. The number of primary amides is 2. The molecule has 14 N–H and O–H groups in total. The molecule has 3 aliphatic heterocycles. The fourth-order valence-electron chi connectivity index (χ4n) is 8.23. The van der Waals surface area contributed by atoms with Gasteiger partial charge in [0, 0.05) is 20.5 Å². The van der Waals surface area contributed by atoms with E-state index in [1.54, 1.807) is 0 Å². The number of nitrogens with two attached hydrogens (primary N) is 2. The van der Waals surface area contributed by atoms with Crippen LogP contribution in [0.5, 0.6) is 0 Å². The van der Waals surface area contributed by atoms with Crippen LogP contribution in [0.2, 0.25) is 0 Å². The Hall–Kier alpha value is -3.22. The number of phosphoric ester groups is 1. The van der Waals surface area contributed by atoms with Crippen LogP contribution in [0, 0.1) is 0 Å². The van der Waals surface area contributed by atoms with Crippen LogP contribution in [0.25, 0.3) is 0 Å². The number of aliphatic hydroxyl groups excluding tert-OH is 6. The molecule has 27 nitrogen and oxygen atoms in total. The normalized spacial score (nSPS) is 32.6. The van der Waals surface area contributed by atoms with Gasteiger partial charge in [0.15, 0.2) is 43.3 Å². The Labute approximate surface area is 405 Å². The van der Waals surface area contributed by atoms with Crippen molar-refractivity contribution < 1.29 is 111 Å². The monoisotopic (exact) mass is 1030 g/mol. The first-order valence-corrected chi connectivity index (χ1v) is 25.2. The summed E-state index contributed by atoms with van der Waals surface area (Å²) in [6.07, 6.45) is -14.0. The van der Waals surface area contributed by atoms with Crippen molar-refractivity contribution in [3.8, 4) is 0 Å². The zero-order valence-corrected chi connectivity index (χ0v) is 40.7. The number of rotatable bonds is 32. The van der Waals surface area contributed by atoms with Crippen molar-refractivity contribution in [2.75, 3.05) is 26.4 Å². The second-order valence-corrected chi connectivity index (χ2v) is 18.9. The van der Waals surface area contributed by atoms with Crippen LogP contribution in [0.15, 0.2) is 0 Å². The third-order valence-corrected chi connectivity index (χ3v) is 12.8. The summed E-state index contributed by atoms with van der Waals surface area (Å²) in [5.41, 5.74) is 10.7. The Kier molecular flexibility index (Phi) is 26.8. The van der Waals surface area contributed by atoms with Gasteiger partial charge in [-0.3, -0.25) is 23.4 Å². The molecule has 0 aliphatic carbocycles. The molecule has 0 radical (unpaired) electrons. The molecule has 0 spiro atoms. The molecule has 1 unspecified atom stereocenters. The van der Waals surface area contributed by atoms with Gasteiger partial charge < -0.3 is 95.9 Å². The van der Waals surface area contributed by atoms with Crippen LogP contribution in [0.1, 0.15) is 111 Å². The lowest BCUT2D eigenvalue weighted by molar-refractivity contribution is -0.357. The number of amides is 4. The SMILES string of the molecule is CCCCCCCCCCCCCCCCO[C@H](COP(=O)(O)O[C@H]1O[C@H](C(N)=O)[C@@H](O)[C@H](OC(N)=O)[C@H]1O[C@@H]1O[C@H](CO)[C@@H](O[C@@H]2O[C@H](CO)[C@@H](O)[C@H](O)[C@H]2NC(C)=O)[C@H](O)[C@H]1NC(C)=O)C(=O)O. The number of aliphatic carboxylic acids is 1. The molecule has 3 rings (SSSR count). The van der Waals surface area contributed by atoms with Gasteiger partial charge in [-0.15, -0.1) is 0 Å². The minimum absolute atomic E-state index is 0.0395. The van der Waals surface area contributed by atoms with E-state index in [0.29, 0.717) is 6.42 Å². The molecule has 4 amide bonds. The second kappa shape index (κ2) is 30.7.